The number of hydrogen-bond donors (Lipinski definition) is 2. The van der Waals surface area contributed by atoms with Crippen LogP contribution in [0.1, 0.15) is 13.8 Å². The number of ether oxygens (including phenoxy) is 1. The van der Waals surface area contributed by atoms with E-state index < -0.39 is 17.6 Å². The number of halogens is 1. The van der Waals surface area contributed by atoms with Crippen LogP contribution in [0.4, 0.5) is 10.1 Å². The van der Waals surface area contributed by atoms with Gasteiger partial charge >= 0.3 is 0 Å². The Morgan fingerprint density at radius 1 is 1.36 bits per heavy atom. The molecular weight excluding hydrogens is 291 g/mol. The summed E-state index contributed by atoms with van der Waals surface area (Å²) in [7, 11) is 0. The number of carbonyl (C=O) groups is 2. The van der Waals surface area contributed by atoms with Crippen LogP contribution in [0, 0.1) is 5.82 Å². The zero-order valence-corrected chi connectivity index (χ0v) is 12.3. The molecule has 0 saturated carbocycles. The number of hydrogen-bond acceptors (Lipinski definition) is 5. The average Bonchev–Trinajstić information content (AvgIpc) is 2.70. The number of β-amino-alcohol motifs (C(OH)–C–C–N with tert-alkyl or cyclic N) is 1. The number of amides is 2. The molecule has 0 bridgehead atoms. The van der Waals surface area contributed by atoms with Crippen molar-refractivity contribution in [1.29, 1.82) is 0 Å². The van der Waals surface area contributed by atoms with Crippen LogP contribution in [0.25, 0.3) is 0 Å². The Balaban J connectivity index is 2.26. The highest BCUT2D eigenvalue weighted by molar-refractivity contribution is 6.17. The first-order valence-electron chi connectivity index (χ1n) is 6.84. The lowest BCUT2D eigenvalue weighted by atomic mass is 10.2. The number of nitrogens with one attached hydrogen (secondary N) is 1. The van der Waals surface area contributed by atoms with E-state index in [0.717, 1.165) is 11.0 Å². The third kappa shape index (κ3) is 3.25. The third-order valence-electron chi connectivity index (χ3n) is 2.93. The van der Waals surface area contributed by atoms with Gasteiger partial charge in [0.25, 0.3) is 11.8 Å². The van der Waals surface area contributed by atoms with Crippen LogP contribution in [0.3, 0.4) is 0 Å². The third-order valence-corrected chi connectivity index (χ3v) is 2.93. The summed E-state index contributed by atoms with van der Waals surface area (Å²) in [5, 5.41) is 11.5. The van der Waals surface area contributed by atoms with E-state index in [1.54, 1.807) is 19.9 Å². The summed E-state index contributed by atoms with van der Waals surface area (Å²) >= 11 is 0. The van der Waals surface area contributed by atoms with Gasteiger partial charge in [-0.25, -0.2) is 4.39 Å². The summed E-state index contributed by atoms with van der Waals surface area (Å²) in [4.78, 5) is 24.6. The van der Waals surface area contributed by atoms with E-state index in [-0.39, 0.29) is 36.4 Å². The van der Waals surface area contributed by atoms with E-state index in [1.165, 1.54) is 12.1 Å². The first-order chi connectivity index (χ1) is 10.4. The minimum absolute atomic E-state index is 0.00514. The van der Waals surface area contributed by atoms with E-state index in [4.69, 9.17) is 9.84 Å². The van der Waals surface area contributed by atoms with Gasteiger partial charge in [0.2, 0.25) is 0 Å². The molecule has 2 rings (SSSR count). The molecule has 7 heteroatoms. The van der Waals surface area contributed by atoms with Gasteiger partial charge in [-0.1, -0.05) is 6.07 Å². The number of rotatable bonds is 6. The number of anilines is 1. The van der Waals surface area contributed by atoms with Gasteiger partial charge in [-0.3, -0.25) is 14.5 Å². The van der Waals surface area contributed by atoms with E-state index in [1.807, 2.05) is 0 Å². The summed E-state index contributed by atoms with van der Waals surface area (Å²) in [5.74, 6) is -1.52. The van der Waals surface area contributed by atoms with E-state index >= 15 is 0 Å². The second-order valence-corrected chi connectivity index (χ2v) is 4.98. The van der Waals surface area contributed by atoms with Crippen molar-refractivity contribution in [1.82, 2.24) is 4.90 Å². The van der Waals surface area contributed by atoms with Crippen molar-refractivity contribution in [2.24, 2.45) is 0 Å². The minimum Gasteiger partial charge on any atom is -0.489 e. The molecule has 6 nitrogen and oxygen atoms in total. The molecule has 0 atom stereocenters. The van der Waals surface area contributed by atoms with Crippen LogP contribution in [0.2, 0.25) is 0 Å². The molecule has 0 aliphatic carbocycles. The van der Waals surface area contributed by atoms with Crippen LogP contribution in [0.5, 0.6) is 5.75 Å². The van der Waals surface area contributed by atoms with Gasteiger partial charge in [0.05, 0.1) is 19.3 Å². The fourth-order valence-corrected chi connectivity index (χ4v) is 2.02. The number of benzene rings is 1. The SMILES string of the molecule is CC(C)Oc1cccc(F)c1NC1=CC(=O)N(CCO)C1=O. The Kier molecular flexibility index (Phi) is 4.77. The smallest absolute Gasteiger partial charge is 0.277 e. The molecule has 22 heavy (non-hydrogen) atoms. The molecule has 1 aliphatic heterocycles. The van der Waals surface area contributed by atoms with Crippen molar-refractivity contribution in [2.75, 3.05) is 18.5 Å². The normalized spacial score (nSPS) is 14.6. The molecule has 0 saturated heterocycles. The summed E-state index contributed by atoms with van der Waals surface area (Å²) < 4.78 is 19.5. The first-order valence-corrected chi connectivity index (χ1v) is 6.84. The maximum atomic E-state index is 14.0. The summed E-state index contributed by atoms with van der Waals surface area (Å²) in [6, 6.07) is 4.29. The largest absolute Gasteiger partial charge is 0.489 e. The fraction of sp³-hybridized carbons (Fsp3) is 0.333. The highest BCUT2D eigenvalue weighted by Crippen LogP contribution is 2.30. The van der Waals surface area contributed by atoms with Crippen molar-refractivity contribution in [2.45, 2.75) is 20.0 Å². The lowest BCUT2D eigenvalue weighted by molar-refractivity contribution is -0.137. The molecular formula is C15H17FN2O4. The van der Waals surface area contributed by atoms with Gasteiger partial charge in [-0.2, -0.15) is 0 Å². The second kappa shape index (κ2) is 6.57. The molecule has 1 heterocycles. The Morgan fingerprint density at radius 3 is 2.73 bits per heavy atom. The average molecular weight is 308 g/mol. The molecule has 1 aromatic rings. The number of carbonyl (C=O) groups excluding carboxylic acids is 2. The molecule has 0 radical (unpaired) electrons. The van der Waals surface area contributed by atoms with Gasteiger partial charge in [0, 0.05) is 6.08 Å². The fourth-order valence-electron chi connectivity index (χ4n) is 2.02. The van der Waals surface area contributed by atoms with Gasteiger partial charge < -0.3 is 15.2 Å². The molecule has 0 fully saturated rings. The van der Waals surface area contributed by atoms with Crippen LogP contribution in [-0.2, 0) is 9.59 Å². The van der Waals surface area contributed by atoms with Crippen LogP contribution < -0.4 is 10.1 Å². The highest BCUT2D eigenvalue weighted by Gasteiger charge is 2.31. The van der Waals surface area contributed by atoms with Crippen LogP contribution in [0.15, 0.2) is 30.0 Å². The van der Waals surface area contributed by atoms with E-state index in [0.29, 0.717) is 0 Å². The molecule has 1 aliphatic rings. The summed E-state index contributed by atoms with van der Waals surface area (Å²) in [5.41, 5.74) is -0.0633. The zero-order chi connectivity index (χ0) is 16.3. The number of nitrogens with zero attached hydrogens (tertiary/aromatic N) is 1. The van der Waals surface area contributed by atoms with E-state index in [2.05, 4.69) is 5.32 Å². The Labute approximate surface area is 127 Å². The van der Waals surface area contributed by atoms with Gasteiger partial charge in [0.1, 0.15) is 23.0 Å². The Bertz CT molecular complexity index is 628. The standard InChI is InChI=1S/C15H17FN2O4/c1-9(2)22-12-5-3-4-10(16)14(12)17-11-8-13(20)18(6-7-19)15(11)21/h3-5,8-9,17,19H,6-7H2,1-2H3. The predicted molar refractivity (Wildman–Crippen MR) is 77.7 cm³/mol. The first kappa shape index (κ1) is 16.0. The number of aliphatic hydroxyl groups excluding tert-OH is 1. The quantitative estimate of drug-likeness (QED) is 0.774. The maximum Gasteiger partial charge on any atom is 0.277 e. The topological polar surface area (TPSA) is 78.9 Å². The van der Waals surface area contributed by atoms with Crippen molar-refractivity contribution in [3.8, 4) is 5.75 Å². The summed E-state index contributed by atoms with van der Waals surface area (Å²) in [6.07, 6.45) is 0.895. The van der Waals surface area contributed by atoms with Crippen molar-refractivity contribution >= 4 is 17.5 Å². The Hall–Kier alpha value is -2.41. The number of aliphatic hydroxyl groups is 1. The Morgan fingerprint density at radius 2 is 2.09 bits per heavy atom. The van der Waals surface area contributed by atoms with Gasteiger partial charge in [-0.15, -0.1) is 0 Å². The predicted octanol–water partition coefficient (Wildman–Crippen LogP) is 1.27. The van der Waals surface area contributed by atoms with Crippen molar-refractivity contribution in [3.63, 3.8) is 0 Å². The molecule has 2 amide bonds. The van der Waals surface area contributed by atoms with Gasteiger partial charge in [0.15, 0.2) is 0 Å². The molecule has 1 aromatic carbocycles. The maximum absolute atomic E-state index is 14.0. The van der Waals surface area contributed by atoms with Crippen LogP contribution >= 0.6 is 0 Å². The lowest BCUT2D eigenvalue weighted by Gasteiger charge is -2.17. The molecule has 0 aromatic heterocycles. The number of imide groups is 1. The van der Waals surface area contributed by atoms with Crippen molar-refractivity contribution < 1.29 is 23.8 Å². The lowest BCUT2D eigenvalue weighted by Crippen LogP contribution is -2.34. The summed E-state index contributed by atoms with van der Waals surface area (Å²) in [6.45, 7) is 3.15. The highest BCUT2D eigenvalue weighted by atomic mass is 19.1. The molecule has 0 spiro atoms. The minimum atomic E-state index is -0.613. The van der Waals surface area contributed by atoms with Gasteiger partial charge in [-0.05, 0) is 26.0 Å². The molecule has 2 N–H and O–H groups in total. The molecule has 0 unspecified atom stereocenters. The zero-order valence-electron chi connectivity index (χ0n) is 12.3. The van der Waals surface area contributed by atoms with Crippen LogP contribution in [-0.4, -0.2) is 41.1 Å². The number of para-hydroxylation sites is 1. The van der Waals surface area contributed by atoms with E-state index in [9.17, 15) is 14.0 Å². The molecule has 118 valence electrons. The second-order valence-electron chi connectivity index (χ2n) is 4.98. The van der Waals surface area contributed by atoms with Crippen molar-refractivity contribution in [3.05, 3.63) is 35.8 Å². The monoisotopic (exact) mass is 308 g/mol.